The summed E-state index contributed by atoms with van der Waals surface area (Å²) >= 11 is 0. The number of ether oxygens (including phenoxy) is 1. The highest BCUT2D eigenvalue weighted by atomic mass is 16.6. The van der Waals surface area contributed by atoms with Crippen LogP contribution in [0.5, 0.6) is 5.75 Å². The molecule has 0 spiro atoms. The van der Waals surface area contributed by atoms with Crippen molar-refractivity contribution in [2.75, 3.05) is 20.7 Å². The lowest BCUT2D eigenvalue weighted by molar-refractivity contribution is -0.385. The molecule has 1 aromatic carbocycles. The van der Waals surface area contributed by atoms with E-state index in [-0.39, 0.29) is 30.0 Å². The molecule has 0 saturated heterocycles. The Morgan fingerprint density at radius 1 is 1.43 bits per heavy atom. The minimum atomic E-state index is -0.941. The van der Waals surface area contributed by atoms with Crippen LogP contribution in [0.15, 0.2) is 18.2 Å². The van der Waals surface area contributed by atoms with E-state index in [1.54, 1.807) is 0 Å². The zero-order chi connectivity index (χ0) is 16.0. The smallest absolute Gasteiger partial charge is 0.311 e. The van der Waals surface area contributed by atoms with E-state index in [2.05, 4.69) is 0 Å². The van der Waals surface area contributed by atoms with Gasteiger partial charge in [-0.25, -0.2) is 0 Å². The van der Waals surface area contributed by atoms with Crippen LogP contribution in [0, 0.1) is 10.1 Å². The number of methoxy groups -OCH3 is 1. The Kier molecular flexibility index (Phi) is 5.65. The molecular formula is C13H16N2O6. The van der Waals surface area contributed by atoms with E-state index < -0.39 is 16.8 Å². The van der Waals surface area contributed by atoms with E-state index >= 15 is 0 Å². The molecule has 8 nitrogen and oxygen atoms in total. The fourth-order valence-electron chi connectivity index (χ4n) is 1.83. The van der Waals surface area contributed by atoms with Crippen LogP contribution in [-0.4, -0.2) is 47.5 Å². The molecule has 0 aromatic heterocycles. The topological polar surface area (TPSA) is 110 Å². The van der Waals surface area contributed by atoms with Gasteiger partial charge in [0.1, 0.15) is 0 Å². The van der Waals surface area contributed by atoms with E-state index in [0.717, 1.165) is 0 Å². The summed E-state index contributed by atoms with van der Waals surface area (Å²) in [5.41, 5.74) is -0.216. The van der Waals surface area contributed by atoms with Gasteiger partial charge in [0, 0.05) is 26.1 Å². The molecule has 1 amide bonds. The van der Waals surface area contributed by atoms with Crippen LogP contribution in [0.3, 0.4) is 0 Å². The first-order valence-corrected chi connectivity index (χ1v) is 6.17. The van der Waals surface area contributed by atoms with Crippen molar-refractivity contribution in [3.05, 3.63) is 33.9 Å². The number of rotatable bonds is 7. The standard InChI is InChI=1S/C13H16N2O6/c1-14(8-4-7-11(16)17)13(18)9-5-3-6-10(15(19)20)12(9)21-2/h3,5-6H,4,7-8H2,1-2H3,(H,16,17). The van der Waals surface area contributed by atoms with Crippen LogP contribution < -0.4 is 4.74 Å². The maximum absolute atomic E-state index is 12.3. The monoisotopic (exact) mass is 296 g/mol. The second-order valence-electron chi connectivity index (χ2n) is 4.34. The third kappa shape index (κ3) is 4.16. The van der Waals surface area contributed by atoms with Gasteiger partial charge in [-0.15, -0.1) is 0 Å². The molecule has 0 radical (unpaired) electrons. The summed E-state index contributed by atoms with van der Waals surface area (Å²) in [5.74, 6) is -1.50. The number of carboxylic acids is 1. The van der Waals surface area contributed by atoms with Crippen LogP contribution in [0.25, 0.3) is 0 Å². The quantitative estimate of drug-likeness (QED) is 0.603. The Bertz CT molecular complexity index is 558. The Balaban J connectivity index is 2.94. The van der Waals surface area contributed by atoms with Crippen molar-refractivity contribution in [2.24, 2.45) is 0 Å². The number of nitro benzene ring substituents is 1. The number of benzene rings is 1. The molecule has 8 heteroatoms. The summed E-state index contributed by atoms with van der Waals surface area (Å²) in [6.07, 6.45) is 0.249. The molecule has 0 aliphatic rings. The first-order chi connectivity index (χ1) is 9.88. The van der Waals surface area contributed by atoms with Crippen LogP contribution in [0.4, 0.5) is 5.69 Å². The number of carbonyl (C=O) groups excluding carboxylic acids is 1. The Labute approximate surface area is 121 Å². The molecule has 114 valence electrons. The predicted molar refractivity (Wildman–Crippen MR) is 73.5 cm³/mol. The molecule has 1 N–H and O–H groups in total. The summed E-state index contributed by atoms with van der Waals surface area (Å²) in [6, 6.07) is 4.08. The maximum Gasteiger partial charge on any atom is 0.311 e. The summed E-state index contributed by atoms with van der Waals surface area (Å²) in [6.45, 7) is 0.233. The first kappa shape index (κ1) is 16.4. The van der Waals surface area contributed by atoms with Gasteiger partial charge in [0.05, 0.1) is 17.6 Å². The highest BCUT2D eigenvalue weighted by molar-refractivity contribution is 5.98. The number of carboxylic acid groups (broad SMARTS) is 1. The van der Waals surface area contributed by atoms with E-state index in [4.69, 9.17) is 9.84 Å². The fraction of sp³-hybridized carbons (Fsp3) is 0.385. The number of amides is 1. The molecule has 0 aliphatic heterocycles. The SMILES string of the molecule is COc1c(C(=O)N(C)CCCC(=O)O)cccc1[N+](=O)[O-]. The molecule has 0 atom stereocenters. The summed E-state index contributed by atoms with van der Waals surface area (Å²) in [7, 11) is 2.76. The summed E-state index contributed by atoms with van der Waals surface area (Å²) < 4.78 is 4.97. The van der Waals surface area contributed by atoms with Crippen LogP contribution in [0.1, 0.15) is 23.2 Å². The van der Waals surface area contributed by atoms with Gasteiger partial charge in [-0.3, -0.25) is 19.7 Å². The number of aliphatic carboxylic acids is 1. The van der Waals surface area contributed by atoms with Crippen molar-refractivity contribution >= 4 is 17.6 Å². The Morgan fingerprint density at radius 3 is 2.62 bits per heavy atom. The number of hydrogen-bond acceptors (Lipinski definition) is 5. The summed E-state index contributed by atoms with van der Waals surface area (Å²) in [5, 5.41) is 19.5. The average Bonchev–Trinajstić information content (AvgIpc) is 2.44. The molecule has 0 saturated carbocycles. The van der Waals surface area contributed by atoms with Crippen molar-refractivity contribution in [2.45, 2.75) is 12.8 Å². The minimum Gasteiger partial charge on any atom is -0.490 e. The van der Waals surface area contributed by atoms with Crippen LogP contribution in [-0.2, 0) is 4.79 Å². The fourth-order valence-corrected chi connectivity index (χ4v) is 1.83. The van der Waals surface area contributed by atoms with E-state index in [0.29, 0.717) is 6.42 Å². The van der Waals surface area contributed by atoms with Crippen molar-refractivity contribution in [3.63, 3.8) is 0 Å². The lowest BCUT2D eigenvalue weighted by Gasteiger charge is -2.18. The van der Waals surface area contributed by atoms with Crippen molar-refractivity contribution < 1.29 is 24.4 Å². The van der Waals surface area contributed by atoms with Crippen LogP contribution >= 0.6 is 0 Å². The second-order valence-corrected chi connectivity index (χ2v) is 4.34. The summed E-state index contributed by atoms with van der Waals surface area (Å²) in [4.78, 5) is 34.3. The molecule has 0 unspecified atom stereocenters. The van der Waals surface area contributed by atoms with Gasteiger partial charge < -0.3 is 14.7 Å². The first-order valence-electron chi connectivity index (χ1n) is 6.17. The average molecular weight is 296 g/mol. The molecule has 0 aliphatic carbocycles. The molecule has 21 heavy (non-hydrogen) atoms. The van der Waals surface area contributed by atoms with Gasteiger partial charge in [0.15, 0.2) is 0 Å². The van der Waals surface area contributed by atoms with Crippen LogP contribution in [0.2, 0.25) is 0 Å². The third-order valence-corrected chi connectivity index (χ3v) is 2.86. The second kappa shape index (κ2) is 7.22. The van der Waals surface area contributed by atoms with Gasteiger partial charge in [-0.05, 0) is 12.5 Å². The van der Waals surface area contributed by atoms with Crippen molar-refractivity contribution in [1.29, 1.82) is 0 Å². The van der Waals surface area contributed by atoms with Crippen molar-refractivity contribution in [1.82, 2.24) is 4.90 Å². The number of carbonyl (C=O) groups is 2. The van der Waals surface area contributed by atoms with E-state index in [9.17, 15) is 19.7 Å². The van der Waals surface area contributed by atoms with Gasteiger partial charge in [-0.2, -0.15) is 0 Å². The molecule has 1 rings (SSSR count). The number of nitro groups is 1. The molecule has 1 aromatic rings. The Morgan fingerprint density at radius 2 is 2.10 bits per heavy atom. The molecule has 0 heterocycles. The number of para-hydroxylation sites is 1. The highest BCUT2D eigenvalue weighted by Crippen LogP contribution is 2.31. The third-order valence-electron chi connectivity index (χ3n) is 2.86. The van der Waals surface area contributed by atoms with Gasteiger partial charge in [0.25, 0.3) is 5.91 Å². The molecule has 0 fully saturated rings. The number of hydrogen-bond donors (Lipinski definition) is 1. The van der Waals surface area contributed by atoms with Gasteiger partial charge in [-0.1, -0.05) is 6.07 Å². The Hall–Kier alpha value is -2.64. The van der Waals surface area contributed by atoms with E-state index in [1.165, 1.54) is 37.3 Å². The lowest BCUT2D eigenvalue weighted by Crippen LogP contribution is -2.28. The zero-order valence-electron chi connectivity index (χ0n) is 11.7. The largest absolute Gasteiger partial charge is 0.490 e. The predicted octanol–water partition coefficient (Wildman–Crippen LogP) is 1.54. The van der Waals surface area contributed by atoms with Gasteiger partial charge in [0.2, 0.25) is 5.75 Å². The number of nitrogens with zero attached hydrogens (tertiary/aromatic N) is 2. The molecule has 0 bridgehead atoms. The molecular weight excluding hydrogens is 280 g/mol. The normalized spacial score (nSPS) is 10.0. The highest BCUT2D eigenvalue weighted by Gasteiger charge is 2.24. The minimum absolute atomic E-state index is 0.0519. The van der Waals surface area contributed by atoms with Gasteiger partial charge >= 0.3 is 11.7 Å². The van der Waals surface area contributed by atoms with Crippen molar-refractivity contribution in [3.8, 4) is 5.75 Å². The van der Waals surface area contributed by atoms with E-state index in [1.807, 2.05) is 0 Å². The maximum atomic E-state index is 12.3. The zero-order valence-corrected chi connectivity index (χ0v) is 11.7. The lowest BCUT2D eigenvalue weighted by atomic mass is 10.1.